The predicted molar refractivity (Wildman–Crippen MR) is 113 cm³/mol. The first-order chi connectivity index (χ1) is 13.1. The molecule has 158 valence electrons. The van der Waals surface area contributed by atoms with Gasteiger partial charge in [0.15, 0.2) is 0 Å². The summed E-state index contributed by atoms with van der Waals surface area (Å²) in [6, 6.07) is 0. The number of carbonyl (C=O) groups excluding carboxylic acids is 2. The van der Waals surface area contributed by atoms with Gasteiger partial charge in [0.05, 0.1) is 12.7 Å². The van der Waals surface area contributed by atoms with Crippen LogP contribution in [0.15, 0.2) is 0 Å². The summed E-state index contributed by atoms with van der Waals surface area (Å²) in [6.45, 7) is 4.47. The minimum atomic E-state index is -0.225. The van der Waals surface area contributed by atoms with Gasteiger partial charge in [0.2, 0.25) is 0 Å². The number of Topliss-reactive ketones (excluding diaryl/α,β-unsaturated/α-hetero) is 1. The molecule has 0 aliphatic heterocycles. The number of rotatable bonds is 16. The summed E-state index contributed by atoms with van der Waals surface area (Å²) in [4.78, 5) is 23.5. The molecule has 0 aromatic carbocycles. The minimum Gasteiger partial charge on any atom is -0.466 e. The van der Waals surface area contributed by atoms with Crippen LogP contribution in [0.3, 0.4) is 0 Å². The summed E-state index contributed by atoms with van der Waals surface area (Å²) in [5, 5.41) is 10.5. The lowest BCUT2D eigenvalue weighted by atomic mass is 9.98. The Morgan fingerprint density at radius 2 is 1.89 bits per heavy atom. The molecule has 1 rings (SSSR count). The summed E-state index contributed by atoms with van der Waals surface area (Å²) >= 11 is 1.82. The summed E-state index contributed by atoms with van der Waals surface area (Å²) in [6.07, 6.45) is 12.6. The third-order valence-corrected chi connectivity index (χ3v) is 6.95. The molecule has 4 nitrogen and oxygen atoms in total. The molecule has 1 aliphatic rings. The van der Waals surface area contributed by atoms with Crippen molar-refractivity contribution in [3.05, 3.63) is 0 Å². The van der Waals surface area contributed by atoms with Crippen LogP contribution in [0.1, 0.15) is 97.3 Å². The minimum absolute atomic E-state index is 0.0919. The van der Waals surface area contributed by atoms with E-state index >= 15 is 0 Å². The van der Waals surface area contributed by atoms with E-state index in [1.165, 1.54) is 12.8 Å². The fourth-order valence-electron chi connectivity index (χ4n) is 3.77. The number of hydrogen-bond donors (Lipinski definition) is 1. The Hall–Kier alpha value is -0.550. The van der Waals surface area contributed by atoms with Crippen LogP contribution in [0.5, 0.6) is 0 Å². The Morgan fingerprint density at radius 3 is 2.63 bits per heavy atom. The maximum atomic E-state index is 12.2. The van der Waals surface area contributed by atoms with E-state index in [0.29, 0.717) is 30.5 Å². The number of carbonyl (C=O) groups is 2. The first-order valence-corrected chi connectivity index (χ1v) is 12.1. The Morgan fingerprint density at radius 1 is 1.15 bits per heavy atom. The van der Waals surface area contributed by atoms with Crippen molar-refractivity contribution in [1.82, 2.24) is 0 Å². The number of ketones is 1. The SMILES string of the molecule is CCCCCC(O)CSC1CCC(=O)C1CCCCCCCC(=O)OCC. The fourth-order valence-corrected chi connectivity index (χ4v) is 5.21. The Kier molecular flexibility index (Phi) is 14.0. The van der Waals surface area contributed by atoms with Gasteiger partial charge in [-0.3, -0.25) is 9.59 Å². The van der Waals surface area contributed by atoms with E-state index in [1.54, 1.807) is 0 Å². The highest BCUT2D eigenvalue weighted by Gasteiger charge is 2.34. The van der Waals surface area contributed by atoms with Crippen molar-refractivity contribution >= 4 is 23.5 Å². The molecule has 0 bridgehead atoms. The van der Waals surface area contributed by atoms with E-state index in [0.717, 1.165) is 63.5 Å². The topological polar surface area (TPSA) is 63.6 Å². The van der Waals surface area contributed by atoms with Gasteiger partial charge in [-0.2, -0.15) is 11.8 Å². The molecule has 27 heavy (non-hydrogen) atoms. The maximum Gasteiger partial charge on any atom is 0.305 e. The average Bonchev–Trinajstić information content (AvgIpc) is 2.99. The van der Waals surface area contributed by atoms with E-state index in [4.69, 9.17) is 4.74 Å². The zero-order valence-electron chi connectivity index (χ0n) is 17.4. The van der Waals surface area contributed by atoms with Gasteiger partial charge in [-0.15, -0.1) is 0 Å². The molecule has 1 aliphatic carbocycles. The molecule has 0 amide bonds. The van der Waals surface area contributed by atoms with Gasteiger partial charge in [0.1, 0.15) is 5.78 Å². The van der Waals surface area contributed by atoms with Crippen LogP contribution in [0.25, 0.3) is 0 Å². The first-order valence-electron chi connectivity index (χ1n) is 11.1. The lowest BCUT2D eigenvalue weighted by Crippen LogP contribution is -2.20. The Bertz CT molecular complexity index is 413. The van der Waals surface area contributed by atoms with E-state index in [-0.39, 0.29) is 18.0 Å². The Labute approximate surface area is 170 Å². The van der Waals surface area contributed by atoms with E-state index < -0.39 is 0 Å². The lowest BCUT2D eigenvalue weighted by molar-refractivity contribution is -0.143. The zero-order valence-corrected chi connectivity index (χ0v) is 18.2. The van der Waals surface area contributed by atoms with Crippen LogP contribution in [0.2, 0.25) is 0 Å². The van der Waals surface area contributed by atoms with Gasteiger partial charge >= 0.3 is 5.97 Å². The molecule has 0 aromatic rings. The molecule has 0 aromatic heterocycles. The van der Waals surface area contributed by atoms with Crippen LogP contribution in [0, 0.1) is 5.92 Å². The molecule has 0 spiro atoms. The number of thioether (sulfide) groups is 1. The number of aliphatic hydroxyl groups excluding tert-OH is 1. The fraction of sp³-hybridized carbons (Fsp3) is 0.909. The van der Waals surface area contributed by atoms with Gasteiger partial charge in [-0.05, 0) is 32.6 Å². The number of hydrogen-bond acceptors (Lipinski definition) is 5. The van der Waals surface area contributed by atoms with Crippen LogP contribution in [-0.4, -0.2) is 40.6 Å². The van der Waals surface area contributed by atoms with Crippen molar-refractivity contribution in [3.8, 4) is 0 Å². The van der Waals surface area contributed by atoms with E-state index in [1.807, 2.05) is 18.7 Å². The standard InChI is InChI=1S/C22H40O4S/c1-3-5-9-12-18(23)17-27-21-16-15-20(24)19(21)13-10-7-6-8-11-14-22(25)26-4-2/h18-19,21,23H,3-17H2,1-2H3. The first kappa shape index (κ1) is 24.5. The second kappa shape index (κ2) is 15.4. The second-order valence-electron chi connectivity index (χ2n) is 7.74. The highest BCUT2D eigenvalue weighted by Crippen LogP contribution is 2.36. The molecule has 3 unspecified atom stereocenters. The summed E-state index contributed by atoms with van der Waals surface area (Å²) in [5.74, 6) is 1.30. The molecule has 5 heteroatoms. The highest BCUT2D eigenvalue weighted by molar-refractivity contribution is 8.00. The molecular formula is C22H40O4S. The van der Waals surface area contributed by atoms with Crippen molar-refractivity contribution in [2.24, 2.45) is 5.92 Å². The van der Waals surface area contributed by atoms with E-state index in [2.05, 4.69) is 6.92 Å². The monoisotopic (exact) mass is 400 g/mol. The number of aliphatic hydroxyl groups is 1. The number of esters is 1. The average molecular weight is 401 g/mol. The lowest BCUT2D eigenvalue weighted by Gasteiger charge is -2.19. The summed E-state index contributed by atoms with van der Waals surface area (Å²) in [7, 11) is 0. The highest BCUT2D eigenvalue weighted by atomic mass is 32.2. The molecule has 1 saturated carbocycles. The second-order valence-corrected chi connectivity index (χ2v) is 9.02. The van der Waals surface area contributed by atoms with Crippen LogP contribution in [-0.2, 0) is 14.3 Å². The van der Waals surface area contributed by atoms with Crippen molar-refractivity contribution in [2.45, 2.75) is 109 Å². The van der Waals surface area contributed by atoms with Gasteiger partial charge in [0.25, 0.3) is 0 Å². The number of ether oxygens (including phenoxy) is 1. The van der Waals surface area contributed by atoms with Crippen molar-refractivity contribution in [1.29, 1.82) is 0 Å². The van der Waals surface area contributed by atoms with Gasteiger partial charge < -0.3 is 9.84 Å². The third-order valence-electron chi connectivity index (χ3n) is 5.38. The van der Waals surface area contributed by atoms with Gasteiger partial charge in [-0.1, -0.05) is 51.9 Å². The smallest absolute Gasteiger partial charge is 0.305 e. The summed E-state index contributed by atoms with van der Waals surface area (Å²) < 4.78 is 4.93. The van der Waals surface area contributed by atoms with Crippen molar-refractivity contribution < 1.29 is 19.4 Å². The van der Waals surface area contributed by atoms with E-state index in [9.17, 15) is 14.7 Å². The molecule has 3 atom stereocenters. The number of unbranched alkanes of at least 4 members (excludes halogenated alkanes) is 6. The maximum absolute atomic E-state index is 12.2. The van der Waals surface area contributed by atoms with Crippen molar-refractivity contribution in [2.75, 3.05) is 12.4 Å². The Balaban J connectivity index is 2.13. The normalized spacial score (nSPS) is 20.8. The molecule has 1 N–H and O–H groups in total. The molecule has 0 saturated heterocycles. The zero-order chi connectivity index (χ0) is 19.9. The molecular weight excluding hydrogens is 360 g/mol. The van der Waals surface area contributed by atoms with Crippen LogP contribution in [0.4, 0.5) is 0 Å². The van der Waals surface area contributed by atoms with Crippen LogP contribution < -0.4 is 0 Å². The summed E-state index contributed by atoms with van der Waals surface area (Å²) in [5.41, 5.74) is 0. The largest absolute Gasteiger partial charge is 0.466 e. The quantitative estimate of drug-likeness (QED) is 0.281. The molecule has 1 fully saturated rings. The van der Waals surface area contributed by atoms with Gasteiger partial charge in [0, 0.05) is 29.8 Å². The molecule has 0 radical (unpaired) electrons. The molecule has 0 heterocycles. The van der Waals surface area contributed by atoms with Gasteiger partial charge in [-0.25, -0.2) is 0 Å². The third kappa shape index (κ3) is 11.1. The predicted octanol–water partition coefficient (Wildman–Crippen LogP) is 5.30. The van der Waals surface area contributed by atoms with Crippen LogP contribution >= 0.6 is 11.8 Å². The van der Waals surface area contributed by atoms with Crippen molar-refractivity contribution in [3.63, 3.8) is 0 Å².